The number of methoxy groups -OCH3 is 1. The molecule has 0 N–H and O–H groups in total. The lowest BCUT2D eigenvalue weighted by molar-refractivity contribution is -0.313. The number of carboxylic acid groups (broad SMARTS) is 1. The van der Waals surface area contributed by atoms with E-state index < -0.39 is 12.1 Å². The Bertz CT molecular complexity index is 335. The number of carboxylic acids is 1. The van der Waals surface area contributed by atoms with E-state index in [9.17, 15) is 9.90 Å². The van der Waals surface area contributed by atoms with Crippen LogP contribution in [0.25, 0.3) is 0 Å². The summed E-state index contributed by atoms with van der Waals surface area (Å²) in [6, 6.07) is 6.90. The fraction of sp³-hybridized carbons (Fsp3) is 0.364. The summed E-state index contributed by atoms with van der Waals surface area (Å²) in [7, 11) is 1.50. The number of rotatable bonds is 5. The zero-order valence-electron chi connectivity index (χ0n) is 8.73. The van der Waals surface area contributed by atoms with E-state index >= 15 is 0 Å². The van der Waals surface area contributed by atoms with Gasteiger partial charge in [-0.3, -0.25) is 0 Å². The van der Waals surface area contributed by atoms with Crippen LogP contribution in [-0.4, -0.2) is 19.2 Å². The summed E-state index contributed by atoms with van der Waals surface area (Å²) in [6.45, 7) is 1.72. The highest BCUT2D eigenvalue weighted by molar-refractivity contribution is 5.70. The van der Waals surface area contributed by atoms with E-state index in [2.05, 4.69) is 0 Å². The quantitative estimate of drug-likeness (QED) is 0.712. The first-order valence-electron chi connectivity index (χ1n) is 4.69. The van der Waals surface area contributed by atoms with Gasteiger partial charge in [0.2, 0.25) is 0 Å². The van der Waals surface area contributed by atoms with Crippen molar-refractivity contribution in [1.82, 2.24) is 0 Å². The molecule has 15 heavy (non-hydrogen) atoms. The molecule has 0 spiro atoms. The summed E-state index contributed by atoms with van der Waals surface area (Å²) in [5.41, 5.74) is 0. The number of para-hydroxylation sites is 2. The summed E-state index contributed by atoms with van der Waals surface area (Å²) in [6.07, 6.45) is -0.596. The van der Waals surface area contributed by atoms with Gasteiger partial charge in [-0.2, -0.15) is 0 Å². The van der Waals surface area contributed by atoms with Gasteiger partial charge in [0.25, 0.3) is 0 Å². The molecule has 1 aromatic rings. The van der Waals surface area contributed by atoms with Gasteiger partial charge in [0.15, 0.2) is 11.5 Å². The smallest absolute Gasteiger partial charge is 0.162 e. The van der Waals surface area contributed by atoms with Crippen molar-refractivity contribution in [3.05, 3.63) is 24.3 Å². The summed E-state index contributed by atoms with van der Waals surface area (Å²) < 4.78 is 10.3. The van der Waals surface area contributed by atoms with Crippen molar-refractivity contribution in [2.75, 3.05) is 7.11 Å². The highest BCUT2D eigenvalue weighted by Crippen LogP contribution is 2.27. The molecule has 0 aliphatic heterocycles. The zero-order valence-corrected chi connectivity index (χ0v) is 8.73. The molecular weight excluding hydrogens is 196 g/mol. The van der Waals surface area contributed by atoms with Gasteiger partial charge in [0.1, 0.15) is 6.10 Å². The Hall–Kier alpha value is -1.71. The third-order valence-electron chi connectivity index (χ3n) is 1.97. The van der Waals surface area contributed by atoms with Gasteiger partial charge in [0, 0.05) is 0 Å². The van der Waals surface area contributed by atoms with E-state index in [4.69, 9.17) is 9.47 Å². The predicted molar refractivity (Wildman–Crippen MR) is 52.7 cm³/mol. The van der Waals surface area contributed by atoms with Crippen molar-refractivity contribution in [2.24, 2.45) is 0 Å². The van der Waals surface area contributed by atoms with E-state index in [-0.39, 0.29) is 0 Å². The molecule has 0 aliphatic rings. The van der Waals surface area contributed by atoms with Crippen molar-refractivity contribution < 1.29 is 19.4 Å². The predicted octanol–water partition coefficient (Wildman–Crippen LogP) is 0.602. The molecule has 4 nitrogen and oxygen atoms in total. The van der Waals surface area contributed by atoms with Crippen molar-refractivity contribution in [2.45, 2.75) is 19.4 Å². The molecule has 0 amide bonds. The Labute approximate surface area is 88.4 Å². The largest absolute Gasteiger partial charge is 0.546 e. The lowest BCUT2D eigenvalue weighted by Crippen LogP contribution is -2.39. The lowest BCUT2D eigenvalue weighted by Gasteiger charge is -2.19. The van der Waals surface area contributed by atoms with Crippen LogP contribution in [-0.2, 0) is 4.79 Å². The highest BCUT2D eigenvalue weighted by atomic mass is 16.5. The van der Waals surface area contributed by atoms with Crippen LogP contribution in [0.5, 0.6) is 11.5 Å². The van der Waals surface area contributed by atoms with E-state index in [1.165, 1.54) is 7.11 Å². The second-order valence-corrected chi connectivity index (χ2v) is 2.98. The van der Waals surface area contributed by atoms with Crippen LogP contribution in [0.4, 0.5) is 0 Å². The Morgan fingerprint density at radius 1 is 1.40 bits per heavy atom. The van der Waals surface area contributed by atoms with E-state index in [0.29, 0.717) is 17.9 Å². The third kappa shape index (κ3) is 2.87. The zero-order chi connectivity index (χ0) is 11.3. The van der Waals surface area contributed by atoms with Crippen LogP contribution in [0.15, 0.2) is 24.3 Å². The molecule has 1 rings (SSSR count). The van der Waals surface area contributed by atoms with E-state index in [0.717, 1.165) is 0 Å². The van der Waals surface area contributed by atoms with Gasteiger partial charge in [0.05, 0.1) is 13.1 Å². The monoisotopic (exact) mass is 209 g/mol. The molecule has 0 aliphatic carbocycles. The molecule has 0 unspecified atom stereocenters. The van der Waals surface area contributed by atoms with E-state index in [1.807, 2.05) is 0 Å². The normalized spacial score (nSPS) is 11.9. The Balaban J connectivity index is 2.82. The Morgan fingerprint density at radius 3 is 2.47 bits per heavy atom. The number of benzene rings is 1. The molecule has 0 heterocycles. The van der Waals surface area contributed by atoms with Gasteiger partial charge in [-0.15, -0.1) is 0 Å². The molecule has 0 saturated carbocycles. The third-order valence-corrected chi connectivity index (χ3v) is 1.97. The molecule has 4 heteroatoms. The SMILES string of the molecule is CC[C@@H](Oc1ccccc1OC)C(=O)[O-]. The van der Waals surface area contributed by atoms with Gasteiger partial charge in [-0.25, -0.2) is 0 Å². The molecule has 1 aromatic carbocycles. The minimum absolute atomic E-state index is 0.348. The highest BCUT2D eigenvalue weighted by Gasteiger charge is 2.11. The van der Waals surface area contributed by atoms with Crippen LogP contribution >= 0.6 is 0 Å². The number of carbonyl (C=O) groups excluding carboxylic acids is 1. The second-order valence-electron chi connectivity index (χ2n) is 2.98. The summed E-state index contributed by atoms with van der Waals surface area (Å²) in [4.78, 5) is 10.7. The molecule has 82 valence electrons. The lowest BCUT2D eigenvalue weighted by atomic mass is 10.2. The van der Waals surface area contributed by atoms with Gasteiger partial charge in [-0.1, -0.05) is 19.1 Å². The molecule has 0 fully saturated rings. The summed E-state index contributed by atoms with van der Waals surface area (Å²) in [5, 5.41) is 10.7. The molecule has 0 bridgehead atoms. The van der Waals surface area contributed by atoms with Gasteiger partial charge >= 0.3 is 0 Å². The van der Waals surface area contributed by atoms with Crippen LogP contribution in [0, 0.1) is 0 Å². The first kappa shape index (κ1) is 11.4. The molecule has 0 radical (unpaired) electrons. The van der Waals surface area contributed by atoms with Gasteiger partial charge in [-0.05, 0) is 18.6 Å². The Morgan fingerprint density at radius 2 is 2.00 bits per heavy atom. The van der Waals surface area contributed by atoms with Crippen molar-refractivity contribution in [3.8, 4) is 11.5 Å². The van der Waals surface area contributed by atoms with Crippen molar-refractivity contribution >= 4 is 5.97 Å². The average molecular weight is 209 g/mol. The number of carbonyl (C=O) groups is 1. The number of aliphatic carboxylic acids is 1. The maximum Gasteiger partial charge on any atom is 0.162 e. The standard InChI is InChI=1S/C11H14O4/c1-3-8(11(12)13)15-10-7-5-4-6-9(10)14-2/h4-8H,3H2,1-2H3,(H,12,13)/p-1/t8-/m1/s1. The first-order chi connectivity index (χ1) is 7.19. The fourth-order valence-electron chi connectivity index (χ4n) is 1.17. The van der Waals surface area contributed by atoms with Gasteiger partial charge < -0.3 is 19.4 Å². The minimum Gasteiger partial charge on any atom is -0.546 e. The average Bonchev–Trinajstić information content (AvgIpc) is 2.25. The maximum absolute atomic E-state index is 10.7. The summed E-state index contributed by atoms with van der Waals surface area (Å²) >= 11 is 0. The fourth-order valence-corrected chi connectivity index (χ4v) is 1.17. The molecule has 1 atom stereocenters. The maximum atomic E-state index is 10.7. The number of ether oxygens (including phenoxy) is 2. The summed E-state index contributed by atoms with van der Waals surface area (Å²) in [5.74, 6) is -0.295. The van der Waals surface area contributed by atoms with Crippen molar-refractivity contribution in [3.63, 3.8) is 0 Å². The Kier molecular flexibility index (Phi) is 3.97. The topological polar surface area (TPSA) is 58.6 Å². The van der Waals surface area contributed by atoms with E-state index in [1.54, 1.807) is 31.2 Å². The minimum atomic E-state index is -1.22. The molecule has 0 aromatic heterocycles. The first-order valence-corrected chi connectivity index (χ1v) is 4.69. The number of hydrogen-bond donors (Lipinski definition) is 0. The second kappa shape index (κ2) is 5.24. The molecule has 0 saturated heterocycles. The van der Waals surface area contributed by atoms with Crippen molar-refractivity contribution in [1.29, 1.82) is 0 Å². The van der Waals surface area contributed by atoms with Crippen LogP contribution in [0.2, 0.25) is 0 Å². The van der Waals surface area contributed by atoms with Crippen LogP contribution in [0.1, 0.15) is 13.3 Å². The van der Waals surface area contributed by atoms with Crippen LogP contribution in [0.3, 0.4) is 0 Å². The molecular formula is C11H13O4-. The number of hydrogen-bond acceptors (Lipinski definition) is 4. The van der Waals surface area contributed by atoms with Crippen LogP contribution < -0.4 is 14.6 Å².